The second-order valence-corrected chi connectivity index (χ2v) is 15.6. The van der Waals surface area contributed by atoms with E-state index in [1.807, 2.05) is 115 Å². The summed E-state index contributed by atoms with van der Waals surface area (Å²) in [6.45, 7) is 0. The molecule has 0 radical (unpaired) electrons. The van der Waals surface area contributed by atoms with Crippen molar-refractivity contribution in [3.05, 3.63) is 194 Å². The molecule has 13 aromatic rings. The van der Waals surface area contributed by atoms with E-state index in [1.54, 1.807) is 0 Å². The van der Waals surface area contributed by atoms with Crippen LogP contribution >= 0.6 is 0 Å². The molecule has 0 aliphatic rings. The van der Waals surface area contributed by atoms with E-state index >= 15 is 0 Å². The van der Waals surface area contributed by atoms with Gasteiger partial charge in [-0.2, -0.15) is 0 Å². The van der Waals surface area contributed by atoms with Gasteiger partial charge in [-0.05, 0) is 60.7 Å². The Hall–Kier alpha value is -8.75. The van der Waals surface area contributed by atoms with Crippen molar-refractivity contribution in [2.45, 2.75) is 0 Å². The number of hydrogen-bond acceptors (Lipinski definition) is 7. The third kappa shape index (κ3) is 5.66. The highest BCUT2D eigenvalue weighted by Gasteiger charge is 2.22. The fourth-order valence-electron chi connectivity index (χ4n) is 8.97. The van der Waals surface area contributed by atoms with Gasteiger partial charge in [0.1, 0.15) is 28.0 Å². The molecule has 63 heavy (non-hydrogen) atoms. The first-order valence-corrected chi connectivity index (χ1v) is 20.8. The summed E-state index contributed by atoms with van der Waals surface area (Å²) in [5.41, 5.74) is 12.0. The molecule has 294 valence electrons. The molecule has 0 unspecified atom stereocenters. The Kier molecular flexibility index (Phi) is 7.74. The largest absolute Gasteiger partial charge is 0.456 e. The lowest BCUT2D eigenvalue weighted by atomic mass is 10.0. The quantitative estimate of drug-likeness (QED) is 0.165. The van der Waals surface area contributed by atoms with Gasteiger partial charge >= 0.3 is 0 Å². The molecule has 0 fully saturated rings. The maximum Gasteiger partial charge on any atom is 0.180 e. The highest BCUT2D eigenvalue weighted by atomic mass is 16.3. The maximum absolute atomic E-state index is 6.57. The summed E-state index contributed by atoms with van der Waals surface area (Å²) in [4.78, 5) is 25.8. The standard InChI is InChI=1S/C55H32N6O2/c1-4-15-33(16-5-1)52-56-49(51-50(57-52)40-22-11-13-25-45(40)63-51)35-28-30-46-42(31-35)48-41(23-14-26-47(48)62-46)55-59-53(34-17-6-2-7-18-34)58-54(60-55)36-27-29-39-38-21-10-12-24-43(38)61(44(39)32-36)37-19-8-3-9-20-37/h1-32H. The summed E-state index contributed by atoms with van der Waals surface area (Å²) in [5.74, 6) is 2.30. The van der Waals surface area contributed by atoms with E-state index in [-0.39, 0.29) is 0 Å². The minimum atomic E-state index is 0.536. The normalized spacial score (nSPS) is 11.8. The lowest BCUT2D eigenvalue weighted by Crippen LogP contribution is -2.01. The molecule has 0 N–H and O–H groups in total. The van der Waals surface area contributed by atoms with Crippen molar-refractivity contribution in [3.8, 4) is 62.5 Å². The molecule has 0 saturated carbocycles. The van der Waals surface area contributed by atoms with Gasteiger partial charge < -0.3 is 13.4 Å². The first-order valence-electron chi connectivity index (χ1n) is 20.8. The number of aromatic nitrogens is 6. The smallest absolute Gasteiger partial charge is 0.180 e. The Morgan fingerprint density at radius 2 is 0.952 bits per heavy atom. The average molecular weight is 809 g/mol. The first kappa shape index (κ1) is 35.0. The van der Waals surface area contributed by atoms with Crippen LogP contribution in [0.2, 0.25) is 0 Å². The third-order valence-electron chi connectivity index (χ3n) is 11.9. The Labute approximate surface area is 359 Å². The Morgan fingerprint density at radius 1 is 0.349 bits per heavy atom. The number of furan rings is 2. The van der Waals surface area contributed by atoms with E-state index in [0.717, 1.165) is 88.3 Å². The average Bonchev–Trinajstić information content (AvgIpc) is 4.03. The van der Waals surface area contributed by atoms with E-state index in [1.165, 1.54) is 5.39 Å². The number of rotatable bonds is 6. The van der Waals surface area contributed by atoms with Crippen LogP contribution in [0.4, 0.5) is 0 Å². The summed E-state index contributed by atoms with van der Waals surface area (Å²) < 4.78 is 15.4. The predicted octanol–water partition coefficient (Wildman–Crippen LogP) is 13.9. The van der Waals surface area contributed by atoms with Crippen molar-refractivity contribution in [1.82, 2.24) is 29.5 Å². The second kappa shape index (κ2) is 13.9. The molecular formula is C55H32N6O2. The maximum atomic E-state index is 6.57. The molecule has 8 aromatic carbocycles. The summed E-state index contributed by atoms with van der Waals surface area (Å²) in [7, 11) is 0. The molecule has 0 aliphatic carbocycles. The molecule has 0 saturated heterocycles. The monoisotopic (exact) mass is 808 g/mol. The minimum absolute atomic E-state index is 0.536. The van der Waals surface area contributed by atoms with Crippen LogP contribution in [0.3, 0.4) is 0 Å². The zero-order chi connectivity index (χ0) is 41.4. The first-order chi connectivity index (χ1) is 31.2. The van der Waals surface area contributed by atoms with E-state index in [4.69, 9.17) is 33.8 Å². The van der Waals surface area contributed by atoms with Crippen LogP contribution in [0.15, 0.2) is 203 Å². The topological polar surface area (TPSA) is 95.7 Å². The molecule has 0 spiro atoms. The highest BCUT2D eigenvalue weighted by Crippen LogP contribution is 2.41. The van der Waals surface area contributed by atoms with Crippen molar-refractivity contribution in [3.63, 3.8) is 0 Å². The molecule has 0 aliphatic heterocycles. The molecule has 13 rings (SSSR count). The number of fused-ring (bicyclic) bond motifs is 9. The number of benzene rings is 8. The van der Waals surface area contributed by atoms with Crippen LogP contribution in [0.25, 0.3) is 128 Å². The van der Waals surface area contributed by atoms with Gasteiger partial charge in [-0.1, -0.05) is 133 Å². The number of nitrogens with zero attached hydrogens (tertiary/aromatic N) is 6. The van der Waals surface area contributed by atoms with Crippen LogP contribution in [0.5, 0.6) is 0 Å². The van der Waals surface area contributed by atoms with Gasteiger partial charge in [-0.25, -0.2) is 24.9 Å². The Balaban J connectivity index is 1.03. The van der Waals surface area contributed by atoms with Gasteiger partial charge in [-0.3, -0.25) is 0 Å². The van der Waals surface area contributed by atoms with Crippen LogP contribution < -0.4 is 0 Å². The van der Waals surface area contributed by atoms with Gasteiger partial charge in [0.05, 0.1) is 11.0 Å². The van der Waals surface area contributed by atoms with Gasteiger partial charge in [0.2, 0.25) is 0 Å². The Bertz CT molecular complexity index is 3910. The Morgan fingerprint density at radius 3 is 1.75 bits per heavy atom. The highest BCUT2D eigenvalue weighted by molar-refractivity contribution is 6.14. The van der Waals surface area contributed by atoms with Gasteiger partial charge in [0.15, 0.2) is 28.9 Å². The van der Waals surface area contributed by atoms with Crippen molar-refractivity contribution in [2.24, 2.45) is 0 Å². The third-order valence-corrected chi connectivity index (χ3v) is 11.9. The van der Waals surface area contributed by atoms with Crippen LogP contribution in [0, 0.1) is 0 Å². The molecule has 0 atom stereocenters. The zero-order valence-corrected chi connectivity index (χ0v) is 33.5. The van der Waals surface area contributed by atoms with Crippen LogP contribution in [-0.2, 0) is 0 Å². The molecule has 0 amide bonds. The SMILES string of the molecule is c1ccc(-c2nc(-c3ccc4c5ccccc5n(-c5ccccc5)c4c3)nc(-c3cccc4oc5ccc(-c6nc(-c7ccccc7)nc7c6oc6ccccc67)cc5c34)n2)cc1. The van der Waals surface area contributed by atoms with Crippen molar-refractivity contribution < 1.29 is 8.83 Å². The molecule has 5 heterocycles. The summed E-state index contributed by atoms with van der Waals surface area (Å²) in [6.07, 6.45) is 0. The van der Waals surface area contributed by atoms with Crippen LogP contribution in [-0.4, -0.2) is 29.5 Å². The van der Waals surface area contributed by atoms with E-state index in [9.17, 15) is 0 Å². The molecule has 5 aromatic heterocycles. The lowest BCUT2D eigenvalue weighted by molar-refractivity contribution is 0.666. The summed E-state index contributed by atoms with van der Waals surface area (Å²) in [5, 5.41) is 5.07. The van der Waals surface area contributed by atoms with E-state index < -0.39 is 0 Å². The van der Waals surface area contributed by atoms with Crippen LogP contribution in [0.1, 0.15) is 0 Å². The van der Waals surface area contributed by atoms with Gasteiger partial charge in [0, 0.05) is 60.4 Å². The van der Waals surface area contributed by atoms with E-state index in [2.05, 4.69) is 83.4 Å². The van der Waals surface area contributed by atoms with Crippen molar-refractivity contribution in [2.75, 3.05) is 0 Å². The number of hydrogen-bond donors (Lipinski definition) is 0. The molecular weight excluding hydrogens is 777 g/mol. The molecule has 8 heteroatoms. The predicted molar refractivity (Wildman–Crippen MR) is 251 cm³/mol. The summed E-state index contributed by atoms with van der Waals surface area (Å²) in [6, 6.07) is 65.8. The summed E-state index contributed by atoms with van der Waals surface area (Å²) >= 11 is 0. The second-order valence-electron chi connectivity index (χ2n) is 15.6. The van der Waals surface area contributed by atoms with Gasteiger partial charge in [-0.15, -0.1) is 0 Å². The molecule has 0 bridgehead atoms. The fourth-order valence-corrected chi connectivity index (χ4v) is 8.97. The minimum Gasteiger partial charge on any atom is -0.456 e. The van der Waals surface area contributed by atoms with E-state index in [0.29, 0.717) is 34.6 Å². The fraction of sp³-hybridized carbons (Fsp3) is 0. The lowest BCUT2D eigenvalue weighted by Gasteiger charge is -2.11. The van der Waals surface area contributed by atoms with Gasteiger partial charge in [0.25, 0.3) is 0 Å². The van der Waals surface area contributed by atoms with Crippen molar-refractivity contribution >= 4 is 65.8 Å². The van der Waals surface area contributed by atoms with Crippen molar-refractivity contribution in [1.29, 1.82) is 0 Å². The zero-order valence-electron chi connectivity index (χ0n) is 33.5. The molecule has 8 nitrogen and oxygen atoms in total. The number of para-hydroxylation sites is 3.